The summed E-state index contributed by atoms with van der Waals surface area (Å²) in [4.78, 5) is 37.2. The van der Waals surface area contributed by atoms with Crippen molar-refractivity contribution in [2.75, 3.05) is 5.88 Å². The molecule has 9 heteroatoms. The van der Waals surface area contributed by atoms with Crippen LogP contribution in [0.1, 0.15) is 27.6 Å². The molecule has 3 rings (SSSR count). The Morgan fingerprint density at radius 3 is 1.77 bits per heavy atom. The van der Waals surface area contributed by atoms with Crippen molar-refractivity contribution in [1.29, 1.82) is 0 Å². The minimum absolute atomic E-state index is 0.269. The summed E-state index contributed by atoms with van der Waals surface area (Å²) < 4.78 is 22.1. The van der Waals surface area contributed by atoms with Gasteiger partial charge in [0.05, 0.1) is 17.2 Å². The van der Waals surface area contributed by atoms with Gasteiger partial charge in [-0.05, 0) is 31.2 Å². The summed E-state index contributed by atoms with van der Waals surface area (Å²) in [6.07, 6.45) is -4.32. The van der Waals surface area contributed by atoms with Gasteiger partial charge in [0.2, 0.25) is 0 Å². The van der Waals surface area contributed by atoms with Crippen LogP contribution < -0.4 is 0 Å². The van der Waals surface area contributed by atoms with Gasteiger partial charge in [0.25, 0.3) is 0 Å². The van der Waals surface area contributed by atoms with E-state index in [4.69, 9.17) is 42.1 Å². The van der Waals surface area contributed by atoms with E-state index >= 15 is 0 Å². The van der Waals surface area contributed by atoms with Gasteiger partial charge < -0.3 is 18.9 Å². The first kappa shape index (κ1) is 23.1. The van der Waals surface area contributed by atoms with Crippen molar-refractivity contribution in [3.05, 3.63) is 71.8 Å². The molecule has 1 aliphatic heterocycles. The fraction of sp³-hybridized carbons (Fsp3) is 0.318. The van der Waals surface area contributed by atoms with E-state index in [1.807, 2.05) is 0 Å². The molecule has 0 radical (unpaired) electrons. The molecule has 0 saturated carbocycles. The summed E-state index contributed by atoms with van der Waals surface area (Å²) in [5.74, 6) is -2.59. The minimum Gasteiger partial charge on any atom is -0.453 e. The van der Waals surface area contributed by atoms with Gasteiger partial charge in [-0.25, -0.2) is 9.59 Å². The van der Waals surface area contributed by atoms with Gasteiger partial charge in [0.1, 0.15) is 5.88 Å². The quantitative estimate of drug-likeness (QED) is 0.365. The van der Waals surface area contributed by atoms with Gasteiger partial charge in [0, 0.05) is 0 Å². The van der Waals surface area contributed by atoms with Crippen LogP contribution in [-0.4, -0.2) is 53.8 Å². The zero-order chi connectivity index (χ0) is 22.4. The molecule has 0 spiro atoms. The third-order valence-corrected chi connectivity index (χ3v) is 5.16. The third-order valence-electron chi connectivity index (χ3n) is 4.60. The highest BCUT2D eigenvalue weighted by Gasteiger charge is 2.50. The highest BCUT2D eigenvalue weighted by atomic mass is 35.5. The van der Waals surface area contributed by atoms with Crippen LogP contribution in [0.3, 0.4) is 0 Å². The minimum atomic E-state index is -1.24. The standard InChI is InChI=1S/C22H20Cl2O7/c1-13-17(30-21(26)14-8-4-2-5-9-14)18(29-16(25)12-23)19(20(24)28-13)31-22(27)15-10-6-3-7-11-15/h2-11,13,17-20H,12H2,1H3/t13-,17-,18+,19+,20+/m0/s1. The molecule has 1 fully saturated rings. The van der Waals surface area contributed by atoms with Gasteiger partial charge in [0.15, 0.2) is 23.9 Å². The fourth-order valence-electron chi connectivity index (χ4n) is 3.10. The van der Waals surface area contributed by atoms with Crippen LogP contribution in [0.25, 0.3) is 0 Å². The summed E-state index contributed by atoms with van der Waals surface area (Å²) in [6.45, 7) is 1.61. The molecule has 0 amide bonds. The Labute approximate surface area is 189 Å². The van der Waals surface area contributed by atoms with E-state index < -0.39 is 53.8 Å². The number of carbonyl (C=O) groups is 3. The number of hydrogen-bond donors (Lipinski definition) is 0. The summed E-state index contributed by atoms with van der Waals surface area (Å²) in [7, 11) is 0. The van der Waals surface area contributed by atoms with Gasteiger partial charge in [-0.3, -0.25) is 4.79 Å². The SMILES string of the molecule is C[C@@H]1O[C@@H](Cl)[C@H](OC(=O)c2ccccc2)[C@H](OC(=O)CCl)[C@H]1OC(=O)c1ccccc1. The molecular formula is C22H20Cl2O7. The highest BCUT2D eigenvalue weighted by molar-refractivity contribution is 6.26. The summed E-state index contributed by atoms with van der Waals surface area (Å²) in [5, 5.41) is 0. The number of benzene rings is 2. The van der Waals surface area contributed by atoms with Crippen LogP contribution in [0.15, 0.2) is 60.7 Å². The maximum Gasteiger partial charge on any atom is 0.338 e. The van der Waals surface area contributed by atoms with Crippen molar-refractivity contribution >= 4 is 41.1 Å². The lowest BCUT2D eigenvalue weighted by atomic mass is 9.99. The second kappa shape index (κ2) is 10.6. The van der Waals surface area contributed by atoms with E-state index in [-0.39, 0.29) is 5.56 Å². The van der Waals surface area contributed by atoms with Crippen LogP contribution >= 0.6 is 23.2 Å². The normalized spacial score (nSPS) is 25.3. The number of hydrogen-bond acceptors (Lipinski definition) is 7. The van der Waals surface area contributed by atoms with Crippen LogP contribution in [0, 0.1) is 0 Å². The molecule has 2 aromatic carbocycles. The number of esters is 3. The topological polar surface area (TPSA) is 88.1 Å². The van der Waals surface area contributed by atoms with E-state index in [0.717, 1.165) is 0 Å². The molecule has 2 aromatic rings. The van der Waals surface area contributed by atoms with Crippen LogP contribution in [-0.2, 0) is 23.7 Å². The molecule has 31 heavy (non-hydrogen) atoms. The van der Waals surface area contributed by atoms with E-state index in [1.165, 1.54) is 0 Å². The van der Waals surface area contributed by atoms with E-state index in [9.17, 15) is 14.4 Å². The summed E-state index contributed by atoms with van der Waals surface area (Å²) >= 11 is 11.9. The Hall–Kier alpha value is -2.61. The van der Waals surface area contributed by atoms with Crippen molar-refractivity contribution < 1.29 is 33.3 Å². The first-order chi connectivity index (χ1) is 14.9. The van der Waals surface area contributed by atoms with Gasteiger partial charge in [-0.1, -0.05) is 48.0 Å². The van der Waals surface area contributed by atoms with Crippen LogP contribution in [0.2, 0.25) is 0 Å². The van der Waals surface area contributed by atoms with Crippen molar-refractivity contribution in [2.24, 2.45) is 0 Å². The first-order valence-corrected chi connectivity index (χ1v) is 10.4. The average Bonchev–Trinajstić information content (AvgIpc) is 2.79. The predicted octanol–water partition coefficient (Wildman–Crippen LogP) is 3.57. The van der Waals surface area contributed by atoms with Crippen molar-refractivity contribution in [3.8, 4) is 0 Å². The Morgan fingerprint density at radius 1 is 0.806 bits per heavy atom. The number of halogens is 2. The molecule has 0 N–H and O–H groups in total. The third kappa shape index (κ3) is 5.76. The second-order valence-electron chi connectivity index (χ2n) is 6.75. The molecule has 0 unspecified atom stereocenters. The second-order valence-corrected chi connectivity index (χ2v) is 7.45. The van der Waals surface area contributed by atoms with Crippen molar-refractivity contribution in [1.82, 2.24) is 0 Å². The van der Waals surface area contributed by atoms with E-state index in [2.05, 4.69) is 0 Å². The maximum atomic E-state index is 12.6. The number of alkyl halides is 2. The average molecular weight is 467 g/mol. The Morgan fingerprint density at radius 2 is 1.29 bits per heavy atom. The van der Waals surface area contributed by atoms with Crippen molar-refractivity contribution in [2.45, 2.75) is 36.9 Å². The van der Waals surface area contributed by atoms with Gasteiger partial charge >= 0.3 is 17.9 Å². The fourth-order valence-corrected chi connectivity index (χ4v) is 3.52. The Balaban J connectivity index is 1.86. The van der Waals surface area contributed by atoms with Crippen LogP contribution in [0.4, 0.5) is 0 Å². The Bertz CT molecular complexity index is 841. The number of rotatable bonds is 6. The molecule has 7 nitrogen and oxygen atoms in total. The molecule has 0 aromatic heterocycles. The lowest BCUT2D eigenvalue weighted by Gasteiger charge is -2.42. The smallest absolute Gasteiger partial charge is 0.338 e. The molecule has 1 saturated heterocycles. The monoisotopic (exact) mass is 466 g/mol. The number of ether oxygens (including phenoxy) is 4. The van der Waals surface area contributed by atoms with Gasteiger partial charge in [-0.2, -0.15) is 0 Å². The maximum absolute atomic E-state index is 12.6. The zero-order valence-electron chi connectivity index (χ0n) is 16.5. The summed E-state index contributed by atoms with van der Waals surface area (Å²) in [6, 6.07) is 16.5. The van der Waals surface area contributed by atoms with E-state index in [1.54, 1.807) is 67.6 Å². The Kier molecular flexibility index (Phi) is 7.90. The van der Waals surface area contributed by atoms with Crippen LogP contribution in [0.5, 0.6) is 0 Å². The predicted molar refractivity (Wildman–Crippen MR) is 112 cm³/mol. The lowest BCUT2D eigenvalue weighted by molar-refractivity contribution is -0.212. The lowest BCUT2D eigenvalue weighted by Crippen LogP contribution is -2.59. The largest absolute Gasteiger partial charge is 0.453 e. The molecule has 5 atom stereocenters. The molecule has 0 bridgehead atoms. The zero-order valence-corrected chi connectivity index (χ0v) is 18.0. The summed E-state index contributed by atoms with van der Waals surface area (Å²) in [5.41, 5.74) is -0.587. The molecule has 164 valence electrons. The number of carbonyl (C=O) groups excluding carboxylic acids is 3. The van der Waals surface area contributed by atoms with E-state index in [0.29, 0.717) is 5.56 Å². The first-order valence-electron chi connectivity index (χ1n) is 9.47. The molecule has 1 aliphatic rings. The molecule has 1 heterocycles. The van der Waals surface area contributed by atoms with Crippen molar-refractivity contribution in [3.63, 3.8) is 0 Å². The molecule has 0 aliphatic carbocycles. The molecular weight excluding hydrogens is 447 g/mol. The highest BCUT2D eigenvalue weighted by Crippen LogP contribution is 2.31. The van der Waals surface area contributed by atoms with Gasteiger partial charge in [-0.15, -0.1) is 11.6 Å².